The molecule has 1 heterocycles. The fourth-order valence-corrected chi connectivity index (χ4v) is 1.28. The molecule has 9 heavy (non-hydrogen) atoms. The SMILES string of the molecule is [Se]=C=NCc1cccs1. The monoisotopic (exact) mass is 203 g/mol. The third-order valence-corrected chi connectivity index (χ3v) is 2.01. The van der Waals surface area contributed by atoms with E-state index in [1.807, 2.05) is 11.4 Å². The van der Waals surface area contributed by atoms with Crippen LogP contribution in [0, 0.1) is 0 Å². The second kappa shape index (κ2) is 3.76. The molecule has 0 aliphatic rings. The summed E-state index contributed by atoms with van der Waals surface area (Å²) in [6, 6.07) is 4.08. The van der Waals surface area contributed by atoms with Crippen LogP contribution < -0.4 is 0 Å². The zero-order valence-corrected chi connectivity index (χ0v) is 7.23. The van der Waals surface area contributed by atoms with Crippen molar-refractivity contribution in [3.63, 3.8) is 0 Å². The minimum atomic E-state index is 0.755. The van der Waals surface area contributed by atoms with Crippen LogP contribution in [-0.4, -0.2) is 20.3 Å². The van der Waals surface area contributed by atoms with Crippen molar-refractivity contribution in [2.24, 2.45) is 4.99 Å². The first-order chi connectivity index (χ1) is 4.43. The van der Waals surface area contributed by atoms with E-state index in [0.717, 1.165) is 6.54 Å². The van der Waals surface area contributed by atoms with E-state index in [0.29, 0.717) is 0 Å². The molecule has 0 aromatic carbocycles. The molecule has 0 spiro atoms. The Kier molecular flexibility index (Phi) is 2.88. The molecular formula is C6H5NSSe. The molecule has 3 heteroatoms. The number of aliphatic imine (C=N–C) groups is 1. The van der Waals surface area contributed by atoms with Crippen LogP contribution >= 0.6 is 11.3 Å². The van der Waals surface area contributed by atoms with Crippen molar-refractivity contribution in [2.75, 3.05) is 0 Å². The zero-order valence-electron chi connectivity index (χ0n) is 4.70. The number of nitrogens with zero attached hydrogens (tertiary/aromatic N) is 1. The zero-order chi connectivity index (χ0) is 6.53. The molecule has 1 aromatic rings. The Labute approximate surface area is 65.8 Å². The quantitative estimate of drug-likeness (QED) is 0.506. The van der Waals surface area contributed by atoms with Gasteiger partial charge in [-0.2, -0.15) is 0 Å². The summed E-state index contributed by atoms with van der Waals surface area (Å²) in [5, 5.41) is 2.05. The molecule has 0 saturated heterocycles. The van der Waals surface area contributed by atoms with Crippen LogP contribution in [0.15, 0.2) is 22.5 Å². The summed E-state index contributed by atoms with van der Waals surface area (Å²) in [5.41, 5.74) is 0. The Morgan fingerprint density at radius 2 is 2.67 bits per heavy atom. The number of thiophene rings is 1. The summed E-state index contributed by atoms with van der Waals surface area (Å²) < 4.78 is 2.61. The van der Waals surface area contributed by atoms with Gasteiger partial charge in [-0.1, -0.05) is 0 Å². The summed E-state index contributed by atoms with van der Waals surface area (Å²) in [5.74, 6) is 0. The van der Waals surface area contributed by atoms with Crippen molar-refractivity contribution in [2.45, 2.75) is 6.54 Å². The van der Waals surface area contributed by atoms with Gasteiger partial charge in [0.25, 0.3) is 0 Å². The number of hydrogen-bond acceptors (Lipinski definition) is 2. The molecule has 0 radical (unpaired) electrons. The third-order valence-electron chi connectivity index (χ3n) is 0.880. The molecule has 0 atom stereocenters. The second-order valence-corrected chi connectivity index (χ2v) is 2.90. The molecule has 0 aliphatic heterocycles. The first-order valence-electron chi connectivity index (χ1n) is 2.49. The maximum atomic E-state index is 3.92. The van der Waals surface area contributed by atoms with E-state index < -0.39 is 0 Å². The van der Waals surface area contributed by atoms with Crippen molar-refractivity contribution >= 4 is 31.6 Å². The Bertz CT molecular complexity index is 211. The summed E-state index contributed by atoms with van der Waals surface area (Å²) in [4.78, 5) is 5.19. The van der Waals surface area contributed by atoms with Gasteiger partial charge in [-0.15, -0.1) is 0 Å². The average Bonchev–Trinajstić information content (AvgIpc) is 2.34. The fraction of sp³-hybridized carbons (Fsp3) is 0.167. The van der Waals surface area contributed by atoms with Crippen LogP contribution in [0.5, 0.6) is 0 Å². The van der Waals surface area contributed by atoms with Gasteiger partial charge in [-0.25, -0.2) is 0 Å². The van der Waals surface area contributed by atoms with Crippen LogP contribution in [0.3, 0.4) is 0 Å². The summed E-state index contributed by atoms with van der Waals surface area (Å²) in [6.07, 6.45) is 0. The molecule has 1 nitrogen and oxygen atoms in total. The van der Waals surface area contributed by atoms with E-state index in [2.05, 4.69) is 31.3 Å². The predicted molar refractivity (Wildman–Crippen MR) is 41.2 cm³/mol. The van der Waals surface area contributed by atoms with E-state index in [1.165, 1.54) is 4.88 Å². The topological polar surface area (TPSA) is 12.4 Å². The summed E-state index contributed by atoms with van der Waals surface area (Å²) in [7, 11) is 0. The molecule has 0 saturated carbocycles. The van der Waals surface area contributed by atoms with Crippen LogP contribution in [0.25, 0.3) is 0 Å². The van der Waals surface area contributed by atoms with Gasteiger partial charge in [0.05, 0.1) is 0 Å². The van der Waals surface area contributed by atoms with E-state index in [4.69, 9.17) is 0 Å². The predicted octanol–water partition coefficient (Wildman–Crippen LogP) is 1.32. The van der Waals surface area contributed by atoms with Gasteiger partial charge in [0.1, 0.15) is 0 Å². The molecule has 0 bridgehead atoms. The van der Waals surface area contributed by atoms with Gasteiger partial charge in [0.2, 0.25) is 0 Å². The molecular weight excluding hydrogens is 197 g/mol. The molecule has 46 valence electrons. The molecule has 0 aliphatic carbocycles. The average molecular weight is 202 g/mol. The van der Waals surface area contributed by atoms with Crippen molar-refractivity contribution < 1.29 is 0 Å². The van der Waals surface area contributed by atoms with E-state index in [9.17, 15) is 0 Å². The van der Waals surface area contributed by atoms with E-state index in [1.54, 1.807) is 11.3 Å². The van der Waals surface area contributed by atoms with Crippen molar-refractivity contribution in [1.82, 2.24) is 0 Å². The van der Waals surface area contributed by atoms with Crippen LogP contribution in [0.1, 0.15) is 4.88 Å². The first kappa shape index (κ1) is 6.91. The minimum absolute atomic E-state index is 0.755. The normalized spacial score (nSPS) is 8.44. The van der Waals surface area contributed by atoms with Gasteiger partial charge in [-0.05, 0) is 0 Å². The van der Waals surface area contributed by atoms with Crippen LogP contribution in [0.4, 0.5) is 0 Å². The van der Waals surface area contributed by atoms with E-state index in [-0.39, 0.29) is 0 Å². The number of rotatable bonds is 2. The molecule has 0 fully saturated rings. The standard InChI is InChI=1S/C6H5NSSe/c9-5-7-4-6-2-1-3-8-6/h1-3H,4H2. The maximum absolute atomic E-state index is 3.92. The first-order valence-corrected chi connectivity index (χ1v) is 4.23. The molecule has 1 rings (SSSR count). The van der Waals surface area contributed by atoms with Gasteiger partial charge < -0.3 is 0 Å². The summed E-state index contributed by atoms with van der Waals surface area (Å²) in [6.45, 7) is 0.755. The summed E-state index contributed by atoms with van der Waals surface area (Å²) >= 11 is 4.31. The number of hydrogen-bond donors (Lipinski definition) is 0. The van der Waals surface area contributed by atoms with Gasteiger partial charge in [-0.3, -0.25) is 0 Å². The van der Waals surface area contributed by atoms with Crippen LogP contribution in [-0.2, 0) is 6.54 Å². The Morgan fingerprint density at radius 3 is 3.22 bits per heavy atom. The Morgan fingerprint density at radius 1 is 1.78 bits per heavy atom. The Hall–Kier alpha value is -0.201. The molecule has 0 amide bonds. The third kappa shape index (κ3) is 2.25. The second-order valence-electron chi connectivity index (χ2n) is 1.49. The Balaban J connectivity index is 2.57. The van der Waals surface area contributed by atoms with Crippen molar-refractivity contribution in [3.8, 4) is 0 Å². The van der Waals surface area contributed by atoms with Crippen LogP contribution in [0.2, 0.25) is 0 Å². The van der Waals surface area contributed by atoms with Gasteiger partial charge in [0.15, 0.2) is 0 Å². The van der Waals surface area contributed by atoms with E-state index >= 15 is 0 Å². The fourth-order valence-electron chi connectivity index (χ4n) is 0.513. The van der Waals surface area contributed by atoms with Gasteiger partial charge >= 0.3 is 65.6 Å². The van der Waals surface area contributed by atoms with Crippen molar-refractivity contribution in [3.05, 3.63) is 22.4 Å². The molecule has 0 N–H and O–H groups in total. The molecule has 0 unspecified atom stereocenters. The van der Waals surface area contributed by atoms with Gasteiger partial charge in [0, 0.05) is 0 Å². The molecule has 1 aromatic heterocycles. The van der Waals surface area contributed by atoms with Crippen molar-refractivity contribution in [1.29, 1.82) is 0 Å².